The summed E-state index contributed by atoms with van der Waals surface area (Å²) in [4.78, 5) is 25.1. The van der Waals surface area contributed by atoms with Crippen molar-refractivity contribution >= 4 is 84.0 Å². The molecule has 0 N–H and O–H groups in total. The van der Waals surface area contributed by atoms with Crippen LogP contribution in [0.25, 0.3) is 6.08 Å². The Morgan fingerprint density at radius 1 is 1.11 bits per heavy atom. The first-order valence-corrected chi connectivity index (χ1v) is 10.7. The Morgan fingerprint density at radius 2 is 1.78 bits per heavy atom. The quantitative estimate of drug-likeness (QED) is 0.394. The Balaban J connectivity index is 1.80. The van der Waals surface area contributed by atoms with Crippen molar-refractivity contribution in [3.63, 3.8) is 0 Å². The lowest BCUT2D eigenvalue weighted by Gasteiger charge is -2.12. The van der Waals surface area contributed by atoms with Crippen molar-refractivity contribution in [2.75, 3.05) is 7.05 Å². The second kappa shape index (κ2) is 8.57. The Morgan fingerprint density at radius 3 is 2.33 bits per heavy atom. The molecule has 0 atom stereocenters. The molecule has 1 saturated heterocycles. The number of thioether (sulfide) groups is 1. The Labute approximate surface area is 187 Å². The van der Waals surface area contributed by atoms with Crippen molar-refractivity contribution in [3.8, 4) is 5.75 Å². The van der Waals surface area contributed by atoms with E-state index < -0.39 is 0 Å². The highest BCUT2D eigenvalue weighted by atomic mass is 79.9. The fourth-order valence-electron chi connectivity index (χ4n) is 2.28. The number of ether oxygens (including phenoxy) is 1. The van der Waals surface area contributed by atoms with E-state index in [-0.39, 0.29) is 11.1 Å². The number of hydrogen-bond donors (Lipinski definition) is 0. The number of hydrogen-bond acceptors (Lipinski definition) is 4. The minimum absolute atomic E-state index is 0.286. The third kappa shape index (κ3) is 4.71. The summed E-state index contributed by atoms with van der Waals surface area (Å²) >= 11 is 19.8. The van der Waals surface area contributed by atoms with E-state index >= 15 is 0 Å². The minimum Gasteiger partial charge on any atom is -0.487 e. The third-order valence-electron chi connectivity index (χ3n) is 3.67. The number of carbonyl (C=O) groups excluding carboxylic acids is 2. The van der Waals surface area contributed by atoms with Gasteiger partial charge in [-0.1, -0.05) is 29.3 Å². The van der Waals surface area contributed by atoms with E-state index in [9.17, 15) is 9.59 Å². The first kappa shape index (κ1) is 20.7. The zero-order valence-corrected chi connectivity index (χ0v) is 19.3. The maximum Gasteiger partial charge on any atom is 0.293 e. The number of imide groups is 1. The molecule has 0 radical (unpaired) electrons. The summed E-state index contributed by atoms with van der Waals surface area (Å²) in [5.74, 6) is 0.305. The van der Waals surface area contributed by atoms with Crippen molar-refractivity contribution in [1.82, 2.24) is 4.90 Å². The maximum absolute atomic E-state index is 12.0. The highest BCUT2D eigenvalue weighted by Crippen LogP contribution is 2.38. The molecule has 1 aliphatic heterocycles. The van der Waals surface area contributed by atoms with E-state index in [2.05, 4.69) is 31.9 Å². The topological polar surface area (TPSA) is 46.6 Å². The van der Waals surface area contributed by atoms with Gasteiger partial charge in [0.2, 0.25) is 0 Å². The smallest absolute Gasteiger partial charge is 0.293 e. The number of carbonyl (C=O) groups is 2. The SMILES string of the molecule is CN1C(=O)S/C(=C\c2cc(Br)c(OCc3ccc(Cl)c(Cl)c3)c(Br)c2)C1=O. The van der Waals surface area contributed by atoms with Gasteiger partial charge in [0, 0.05) is 7.05 Å². The number of amides is 2. The molecule has 1 heterocycles. The standard InChI is InChI=1S/C18H11Br2Cl2NO3S/c1-23-17(24)15(27-18(23)25)7-10-4-11(19)16(12(20)5-10)26-8-9-2-3-13(21)14(22)6-9/h2-7H,8H2,1H3/b15-7-. The summed E-state index contributed by atoms with van der Waals surface area (Å²) in [7, 11) is 1.46. The summed E-state index contributed by atoms with van der Waals surface area (Å²) < 4.78 is 7.29. The second-order valence-corrected chi connectivity index (χ2v) is 9.11. The fraction of sp³-hybridized carbons (Fsp3) is 0.111. The van der Waals surface area contributed by atoms with Gasteiger partial charge in [0.15, 0.2) is 0 Å². The molecule has 27 heavy (non-hydrogen) atoms. The molecule has 2 amide bonds. The van der Waals surface area contributed by atoms with Crippen molar-refractivity contribution in [2.24, 2.45) is 0 Å². The van der Waals surface area contributed by atoms with Crippen LogP contribution in [0, 0.1) is 0 Å². The Hall–Kier alpha value is -0.990. The van der Waals surface area contributed by atoms with Gasteiger partial charge in [-0.3, -0.25) is 14.5 Å². The largest absolute Gasteiger partial charge is 0.487 e. The average Bonchev–Trinajstić information content (AvgIpc) is 2.84. The highest BCUT2D eigenvalue weighted by Gasteiger charge is 2.31. The van der Waals surface area contributed by atoms with E-state index in [1.807, 2.05) is 18.2 Å². The first-order valence-electron chi connectivity index (χ1n) is 7.53. The molecule has 140 valence electrons. The lowest BCUT2D eigenvalue weighted by atomic mass is 10.2. The van der Waals surface area contributed by atoms with Crippen LogP contribution in [0.3, 0.4) is 0 Å². The van der Waals surface area contributed by atoms with Gasteiger partial charge in [-0.15, -0.1) is 0 Å². The van der Waals surface area contributed by atoms with Gasteiger partial charge < -0.3 is 4.74 Å². The predicted molar refractivity (Wildman–Crippen MR) is 116 cm³/mol. The number of halogens is 4. The van der Waals surface area contributed by atoms with Crippen molar-refractivity contribution in [3.05, 3.63) is 65.4 Å². The molecule has 1 aliphatic rings. The minimum atomic E-state index is -0.308. The number of rotatable bonds is 4. The summed E-state index contributed by atoms with van der Waals surface area (Å²) in [6.07, 6.45) is 1.67. The lowest BCUT2D eigenvalue weighted by molar-refractivity contribution is -0.121. The summed E-state index contributed by atoms with van der Waals surface area (Å²) in [5.41, 5.74) is 1.64. The molecule has 0 spiro atoms. The van der Waals surface area contributed by atoms with Crippen LogP contribution >= 0.6 is 66.8 Å². The fourth-order valence-corrected chi connectivity index (χ4v) is 4.88. The molecular weight excluding hydrogens is 541 g/mol. The molecule has 1 fully saturated rings. The number of nitrogens with zero attached hydrogens (tertiary/aromatic N) is 1. The molecule has 4 nitrogen and oxygen atoms in total. The van der Waals surface area contributed by atoms with Crippen LogP contribution in [0.15, 0.2) is 44.2 Å². The van der Waals surface area contributed by atoms with Gasteiger partial charge in [-0.2, -0.15) is 0 Å². The van der Waals surface area contributed by atoms with Gasteiger partial charge in [0.1, 0.15) is 12.4 Å². The third-order valence-corrected chi connectivity index (χ3v) is 6.55. The number of benzene rings is 2. The molecule has 0 saturated carbocycles. The molecule has 2 aromatic carbocycles. The van der Waals surface area contributed by atoms with Gasteiger partial charge in [0.25, 0.3) is 11.1 Å². The van der Waals surface area contributed by atoms with E-state index in [1.54, 1.807) is 18.2 Å². The summed E-state index contributed by atoms with van der Waals surface area (Å²) in [5, 5.41) is 0.672. The van der Waals surface area contributed by atoms with Crippen LogP contribution < -0.4 is 4.74 Å². The second-order valence-electron chi connectivity index (χ2n) is 5.59. The molecule has 3 rings (SSSR count). The molecule has 9 heteroatoms. The first-order chi connectivity index (χ1) is 12.8. The maximum atomic E-state index is 12.0. The lowest BCUT2D eigenvalue weighted by Crippen LogP contribution is -2.22. The zero-order chi connectivity index (χ0) is 19.7. The van der Waals surface area contributed by atoms with Crippen molar-refractivity contribution in [1.29, 1.82) is 0 Å². The van der Waals surface area contributed by atoms with E-state index in [4.69, 9.17) is 27.9 Å². The van der Waals surface area contributed by atoms with Crippen LogP contribution in [0.5, 0.6) is 5.75 Å². The van der Waals surface area contributed by atoms with Gasteiger partial charge in [-0.05, 0) is 85.1 Å². The average molecular weight is 552 g/mol. The predicted octanol–water partition coefficient (Wildman–Crippen LogP) is 6.76. The van der Waals surface area contributed by atoms with Crippen LogP contribution in [0.1, 0.15) is 11.1 Å². The molecule has 2 aromatic rings. The van der Waals surface area contributed by atoms with Gasteiger partial charge >= 0.3 is 0 Å². The molecular formula is C18H11Br2Cl2NO3S. The van der Waals surface area contributed by atoms with Crippen molar-refractivity contribution < 1.29 is 14.3 Å². The summed E-state index contributed by atoms with van der Waals surface area (Å²) in [6, 6.07) is 8.94. The molecule has 0 aliphatic carbocycles. The van der Waals surface area contributed by atoms with E-state index in [1.165, 1.54) is 7.05 Å². The molecule has 0 bridgehead atoms. The highest BCUT2D eigenvalue weighted by molar-refractivity contribution is 9.11. The number of likely N-dealkylation sites (N-methyl/N-ethyl adjacent to an activating group) is 1. The van der Waals surface area contributed by atoms with Crippen molar-refractivity contribution in [2.45, 2.75) is 6.61 Å². The van der Waals surface area contributed by atoms with E-state index in [0.29, 0.717) is 36.3 Å². The zero-order valence-electron chi connectivity index (χ0n) is 13.8. The molecule has 0 aromatic heterocycles. The van der Waals surface area contributed by atoms with Crippen LogP contribution in [0.2, 0.25) is 10.0 Å². The van der Waals surface area contributed by atoms with Gasteiger partial charge in [0.05, 0.1) is 23.9 Å². The van der Waals surface area contributed by atoms with Crippen LogP contribution in [-0.4, -0.2) is 23.1 Å². The monoisotopic (exact) mass is 549 g/mol. The van der Waals surface area contributed by atoms with Crippen LogP contribution in [-0.2, 0) is 11.4 Å². The van der Waals surface area contributed by atoms with Crippen LogP contribution in [0.4, 0.5) is 4.79 Å². The van der Waals surface area contributed by atoms with Gasteiger partial charge in [-0.25, -0.2) is 0 Å². The Bertz CT molecular complexity index is 958. The normalized spacial score (nSPS) is 15.7. The molecule has 0 unspecified atom stereocenters. The Kier molecular flexibility index (Phi) is 6.58. The van der Waals surface area contributed by atoms with E-state index in [0.717, 1.165) is 27.8 Å². The summed E-state index contributed by atoms with van der Waals surface area (Å²) in [6.45, 7) is 0.308.